The van der Waals surface area contributed by atoms with Crippen LogP contribution in [-0.4, -0.2) is 30.7 Å². The summed E-state index contributed by atoms with van der Waals surface area (Å²) in [6.45, 7) is 1.07. The maximum absolute atomic E-state index is 5.18. The van der Waals surface area contributed by atoms with Crippen LogP contribution in [0.3, 0.4) is 0 Å². The van der Waals surface area contributed by atoms with Crippen LogP contribution in [0.4, 0.5) is 0 Å². The zero-order valence-electron chi connectivity index (χ0n) is 12.6. The molecule has 0 fully saturated rings. The Hall–Kier alpha value is -1.94. The van der Waals surface area contributed by atoms with Crippen molar-refractivity contribution < 1.29 is 4.74 Å². The lowest BCUT2D eigenvalue weighted by Gasteiger charge is -2.23. The summed E-state index contributed by atoms with van der Waals surface area (Å²) >= 11 is 0. The summed E-state index contributed by atoms with van der Waals surface area (Å²) in [7, 11) is 3.69. The molecule has 1 unspecified atom stereocenters. The molecule has 1 heterocycles. The Balaban J connectivity index is 1.83. The van der Waals surface area contributed by atoms with Gasteiger partial charge >= 0.3 is 0 Å². The van der Waals surface area contributed by atoms with Crippen molar-refractivity contribution in [2.45, 2.75) is 19.3 Å². The Morgan fingerprint density at radius 3 is 2.81 bits per heavy atom. The lowest BCUT2D eigenvalue weighted by atomic mass is 9.87. The van der Waals surface area contributed by atoms with Gasteiger partial charge in [0.15, 0.2) is 5.82 Å². The number of methoxy groups -OCH3 is 1. The van der Waals surface area contributed by atoms with Crippen LogP contribution >= 0.6 is 0 Å². The monoisotopic (exact) mass is 283 g/mol. The number of hydrogen-bond acceptors (Lipinski definition) is 4. The highest BCUT2D eigenvalue weighted by Gasteiger charge is 2.20. The van der Waals surface area contributed by atoms with Crippen molar-refractivity contribution >= 4 is 0 Å². The summed E-state index contributed by atoms with van der Waals surface area (Å²) in [6.07, 6.45) is 5.34. The summed E-state index contributed by atoms with van der Waals surface area (Å²) in [6, 6.07) is 7.91. The van der Waals surface area contributed by atoms with E-state index in [9.17, 15) is 0 Å². The van der Waals surface area contributed by atoms with E-state index in [1.165, 1.54) is 17.7 Å². The molecule has 1 atom stereocenters. The fourth-order valence-electron chi connectivity index (χ4n) is 2.93. The van der Waals surface area contributed by atoms with Crippen LogP contribution in [0.15, 0.2) is 30.5 Å². The zero-order chi connectivity index (χ0) is 14.7. The highest BCUT2D eigenvalue weighted by molar-refractivity contribution is 5.56. The molecule has 21 heavy (non-hydrogen) atoms. The maximum Gasteiger partial charge on any atom is 0.159 e. The molecule has 3 rings (SSSR count). The van der Waals surface area contributed by atoms with Gasteiger partial charge in [-0.15, -0.1) is 0 Å². The topological polar surface area (TPSA) is 47.0 Å². The van der Waals surface area contributed by atoms with Crippen LogP contribution in [-0.2, 0) is 12.8 Å². The highest BCUT2D eigenvalue weighted by Crippen LogP contribution is 2.26. The van der Waals surface area contributed by atoms with Gasteiger partial charge in [0.25, 0.3) is 0 Å². The van der Waals surface area contributed by atoms with E-state index in [1.807, 2.05) is 37.5 Å². The van der Waals surface area contributed by atoms with E-state index >= 15 is 0 Å². The summed E-state index contributed by atoms with van der Waals surface area (Å²) in [4.78, 5) is 9.30. The maximum atomic E-state index is 5.18. The molecular formula is C17H21N3O. The molecule has 0 saturated heterocycles. The van der Waals surface area contributed by atoms with Crippen LogP contribution in [0, 0.1) is 5.92 Å². The van der Waals surface area contributed by atoms with Crippen LogP contribution in [0.25, 0.3) is 11.4 Å². The first-order valence-corrected chi connectivity index (χ1v) is 7.44. The first-order valence-electron chi connectivity index (χ1n) is 7.44. The van der Waals surface area contributed by atoms with Gasteiger partial charge in [-0.1, -0.05) is 0 Å². The Morgan fingerprint density at radius 1 is 1.29 bits per heavy atom. The zero-order valence-corrected chi connectivity index (χ0v) is 12.6. The molecule has 1 aliphatic rings. The Kier molecular flexibility index (Phi) is 4.15. The minimum absolute atomic E-state index is 0.706. The van der Waals surface area contributed by atoms with Gasteiger partial charge in [0.2, 0.25) is 0 Å². The van der Waals surface area contributed by atoms with E-state index in [4.69, 9.17) is 9.72 Å². The Labute approximate surface area is 125 Å². The van der Waals surface area contributed by atoms with Crippen molar-refractivity contribution in [1.82, 2.24) is 15.3 Å². The van der Waals surface area contributed by atoms with Gasteiger partial charge in [-0.2, -0.15) is 0 Å². The smallest absolute Gasteiger partial charge is 0.159 e. The molecule has 4 heteroatoms. The van der Waals surface area contributed by atoms with E-state index in [0.717, 1.165) is 36.5 Å². The number of aryl methyl sites for hydroxylation is 1. The number of nitrogens with zero attached hydrogens (tertiary/aromatic N) is 2. The number of hydrogen-bond donors (Lipinski definition) is 1. The fraction of sp³-hybridized carbons (Fsp3) is 0.412. The number of rotatable bonds is 4. The third-order valence-electron chi connectivity index (χ3n) is 4.09. The molecule has 0 spiro atoms. The molecule has 0 bridgehead atoms. The second-order valence-corrected chi connectivity index (χ2v) is 5.56. The van der Waals surface area contributed by atoms with Crippen LogP contribution < -0.4 is 10.1 Å². The van der Waals surface area contributed by atoms with Gasteiger partial charge < -0.3 is 10.1 Å². The molecule has 1 aliphatic carbocycles. The second-order valence-electron chi connectivity index (χ2n) is 5.56. The number of benzene rings is 1. The SMILES string of the molecule is CNCC1CCc2nc(-c3ccc(OC)cc3)ncc2C1. The summed E-state index contributed by atoms with van der Waals surface area (Å²) in [5, 5.41) is 3.26. The van der Waals surface area contributed by atoms with Crippen molar-refractivity contribution in [3.05, 3.63) is 41.7 Å². The minimum Gasteiger partial charge on any atom is -0.497 e. The van der Waals surface area contributed by atoms with Crippen molar-refractivity contribution in [1.29, 1.82) is 0 Å². The number of aromatic nitrogens is 2. The lowest BCUT2D eigenvalue weighted by molar-refractivity contribution is 0.415. The average molecular weight is 283 g/mol. The third kappa shape index (κ3) is 3.05. The first kappa shape index (κ1) is 14.0. The molecule has 0 radical (unpaired) electrons. The Morgan fingerprint density at radius 2 is 2.10 bits per heavy atom. The van der Waals surface area contributed by atoms with E-state index in [2.05, 4.69) is 10.3 Å². The van der Waals surface area contributed by atoms with Gasteiger partial charge in [-0.3, -0.25) is 0 Å². The highest BCUT2D eigenvalue weighted by atomic mass is 16.5. The predicted molar refractivity (Wildman–Crippen MR) is 83.5 cm³/mol. The summed E-state index contributed by atoms with van der Waals surface area (Å²) in [5.41, 5.74) is 3.55. The average Bonchev–Trinajstić information content (AvgIpc) is 2.55. The van der Waals surface area contributed by atoms with Gasteiger partial charge in [0, 0.05) is 17.5 Å². The van der Waals surface area contributed by atoms with Crippen molar-refractivity contribution in [3.8, 4) is 17.1 Å². The molecule has 4 nitrogen and oxygen atoms in total. The third-order valence-corrected chi connectivity index (χ3v) is 4.09. The summed E-state index contributed by atoms with van der Waals surface area (Å²) in [5.74, 6) is 2.37. The van der Waals surface area contributed by atoms with Gasteiger partial charge in [0.05, 0.1) is 7.11 Å². The molecule has 110 valence electrons. The predicted octanol–water partition coefficient (Wildman–Crippen LogP) is 2.48. The molecule has 1 N–H and O–H groups in total. The van der Waals surface area contributed by atoms with E-state index in [1.54, 1.807) is 7.11 Å². The van der Waals surface area contributed by atoms with Crippen LogP contribution in [0.5, 0.6) is 5.75 Å². The molecule has 0 saturated carbocycles. The Bertz CT molecular complexity index is 610. The van der Waals surface area contributed by atoms with Crippen molar-refractivity contribution in [2.75, 3.05) is 20.7 Å². The van der Waals surface area contributed by atoms with E-state index < -0.39 is 0 Å². The minimum atomic E-state index is 0.706. The molecule has 0 aliphatic heterocycles. The van der Waals surface area contributed by atoms with E-state index in [-0.39, 0.29) is 0 Å². The van der Waals surface area contributed by atoms with Crippen LogP contribution in [0.1, 0.15) is 17.7 Å². The quantitative estimate of drug-likeness (QED) is 0.936. The van der Waals surface area contributed by atoms with Crippen LogP contribution in [0.2, 0.25) is 0 Å². The standard InChI is InChI=1S/C17H21N3O/c1-18-10-12-3-8-16-14(9-12)11-19-17(20-16)13-4-6-15(21-2)7-5-13/h4-7,11-12,18H,3,8-10H2,1-2H3. The molecule has 1 aromatic heterocycles. The normalized spacial score (nSPS) is 17.3. The molecule has 0 amide bonds. The van der Waals surface area contributed by atoms with E-state index in [0.29, 0.717) is 5.92 Å². The van der Waals surface area contributed by atoms with Gasteiger partial charge in [-0.25, -0.2) is 9.97 Å². The molecular weight excluding hydrogens is 262 g/mol. The van der Waals surface area contributed by atoms with Gasteiger partial charge in [0.1, 0.15) is 5.75 Å². The second kappa shape index (κ2) is 6.22. The van der Waals surface area contributed by atoms with Crippen molar-refractivity contribution in [2.24, 2.45) is 5.92 Å². The first-order chi connectivity index (χ1) is 10.3. The fourth-order valence-corrected chi connectivity index (χ4v) is 2.93. The summed E-state index contributed by atoms with van der Waals surface area (Å²) < 4.78 is 5.18. The molecule has 2 aromatic rings. The van der Waals surface area contributed by atoms with Gasteiger partial charge in [-0.05, 0) is 68.6 Å². The lowest BCUT2D eigenvalue weighted by Crippen LogP contribution is -2.25. The molecule has 1 aromatic carbocycles. The number of fused-ring (bicyclic) bond motifs is 1. The number of nitrogens with one attached hydrogen (secondary N) is 1. The number of ether oxygens (including phenoxy) is 1. The van der Waals surface area contributed by atoms with Crippen molar-refractivity contribution in [3.63, 3.8) is 0 Å². The largest absolute Gasteiger partial charge is 0.497 e.